The highest BCUT2D eigenvalue weighted by Crippen LogP contribution is 2.13. The smallest absolute Gasteiger partial charge is 0.408 e. The lowest BCUT2D eigenvalue weighted by Gasteiger charge is -2.16. The molecular weight excluding hydrogens is 374 g/mol. The normalized spacial score (nSPS) is 11.4. The van der Waals surface area contributed by atoms with Crippen molar-refractivity contribution in [3.63, 3.8) is 0 Å². The lowest BCUT2D eigenvalue weighted by molar-refractivity contribution is -0.143. The van der Waals surface area contributed by atoms with Crippen molar-refractivity contribution in [2.45, 2.75) is 19.1 Å². The predicted octanol–water partition coefficient (Wildman–Crippen LogP) is 3.46. The first-order valence-corrected chi connectivity index (χ1v) is 8.17. The highest BCUT2D eigenvalue weighted by atomic mass is 79.9. The van der Waals surface area contributed by atoms with Gasteiger partial charge in [0.15, 0.2) is 0 Å². The molecule has 0 radical (unpaired) electrons. The van der Waals surface area contributed by atoms with Gasteiger partial charge in [-0.1, -0.05) is 58.4 Å². The summed E-state index contributed by atoms with van der Waals surface area (Å²) in [5.74, 6) is -0.522. The zero-order valence-corrected chi connectivity index (χ0v) is 14.8. The second kappa shape index (κ2) is 9.08. The number of carbonyl (C=O) groups excluding carboxylic acids is 2. The van der Waals surface area contributed by atoms with Crippen molar-refractivity contribution in [3.05, 3.63) is 70.2 Å². The average Bonchev–Trinajstić information content (AvgIpc) is 2.59. The fourth-order valence-electron chi connectivity index (χ4n) is 2.14. The van der Waals surface area contributed by atoms with Gasteiger partial charge in [0.1, 0.15) is 12.6 Å². The summed E-state index contributed by atoms with van der Waals surface area (Å²) in [6, 6.07) is 16.0. The standard InChI is InChI=1S/C18H18BrNO4/c1-23-17(21)16(11-14-8-5-9-15(19)10-14)20-18(22)24-12-13-6-3-2-4-7-13/h2-10,16H,11-12H2,1H3,(H,20,22)/t16-/m1/s1. The van der Waals surface area contributed by atoms with Gasteiger partial charge in [0.25, 0.3) is 0 Å². The van der Waals surface area contributed by atoms with E-state index in [-0.39, 0.29) is 6.61 Å². The minimum Gasteiger partial charge on any atom is -0.467 e. The molecule has 0 saturated heterocycles. The molecule has 2 rings (SSSR count). The summed E-state index contributed by atoms with van der Waals surface area (Å²) >= 11 is 3.38. The summed E-state index contributed by atoms with van der Waals surface area (Å²) in [6.07, 6.45) is -0.351. The molecule has 0 heterocycles. The lowest BCUT2D eigenvalue weighted by atomic mass is 10.1. The van der Waals surface area contributed by atoms with Gasteiger partial charge in [-0.15, -0.1) is 0 Å². The van der Waals surface area contributed by atoms with E-state index in [0.29, 0.717) is 6.42 Å². The van der Waals surface area contributed by atoms with Crippen LogP contribution >= 0.6 is 15.9 Å². The van der Waals surface area contributed by atoms with Crippen molar-refractivity contribution in [2.75, 3.05) is 7.11 Å². The number of carbonyl (C=O) groups is 2. The van der Waals surface area contributed by atoms with E-state index in [0.717, 1.165) is 15.6 Å². The van der Waals surface area contributed by atoms with Gasteiger partial charge in [0, 0.05) is 10.9 Å². The molecular formula is C18H18BrNO4. The second-order valence-corrected chi connectivity index (χ2v) is 6.03. The highest BCUT2D eigenvalue weighted by molar-refractivity contribution is 9.10. The number of nitrogens with one attached hydrogen (secondary N) is 1. The van der Waals surface area contributed by atoms with Crippen molar-refractivity contribution in [3.8, 4) is 0 Å². The van der Waals surface area contributed by atoms with Crippen LogP contribution in [-0.4, -0.2) is 25.2 Å². The number of benzene rings is 2. The summed E-state index contributed by atoms with van der Waals surface area (Å²) in [4.78, 5) is 23.9. The Hall–Kier alpha value is -2.34. The van der Waals surface area contributed by atoms with E-state index in [1.807, 2.05) is 54.6 Å². The van der Waals surface area contributed by atoms with E-state index in [9.17, 15) is 9.59 Å². The Labute approximate surface area is 149 Å². The molecule has 0 bridgehead atoms. The fraction of sp³-hybridized carbons (Fsp3) is 0.222. The number of methoxy groups -OCH3 is 1. The van der Waals surface area contributed by atoms with Gasteiger partial charge >= 0.3 is 12.1 Å². The quantitative estimate of drug-likeness (QED) is 0.765. The first kappa shape index (κ1) is 18.0. The Morgan fingerprint density at radius 1 is 1.08 bits per heavy atom. The van der Waals surface area contributed by atoms with Crippen LogP contribution in [0.25, 0.3) is 0 Å². The number of esters is 1. The van der Waals surface area contributed by atoms with Crippen LogP contribution in [0.2, 0.25) is 0 Å². The molecule has 0 aliphatic rings. The van der Waals surface area contributed by atoms with Gasteiger partial charge in [-0.2, -0.15) is 0 Å². The summed E-state index contributed by atoms with van der Waals surface area (Å²) < 4.78 is 10.8. The van der Waals surface area contributed by atoms with Gasteiger partial charge in [0.2, 0.25) is 0 Å². The van der Waals surface area contributed by atoms with Gasteiger partial charge in [-0.05, 0) is 23.3 Å². The van der Waals surface area contributed by atoms with E-state index in [2.05, 4.69) is 21.2 Å². The number of ether oxygens (including phenoxy) is 2. The zero-order chi connectivity index (χ0) is 17.4. The summed E-state index contributed by atoms with van der Waals surface area (Å²) in [7, 11) is 1.28. The van der Waals surface area contributed by atoms with Crippen molar-refractivity contribution in [2.24, 2.45) is 0 Å². The predicted molar refractivity (Wildman–Crippen MR) is 93.4 cm³/mol. The lowest BCUT2D eigenvalue weighted by Crippen LogP contribution is -2.43. The molecule has 0 spiro atoms. The molecule has 1 atom stereocenters. The van der Waals surface area contributed by atoms with E-state index in [4.69, 9.17) is 9.47 Å². The summed E-state index contributed by atoms with van der Waals surface area (Å²) in [6.45, 7) is 0.136. The maximum Gasteiger partial charge on any atom is 0.408 e. The molecule has 2 aromatic rings. The third-order valence-electron chi connectivity index (χ3n) is 3.32. The molecule has 2 aromatic carbocycles. The molecule has 0 saturated carbocycles. The average molecular weight is 392 g/mol. The molecule has 1 amide bonds. The Balaban J connectivity index is 1.95. The number of hydrogen-bond donors (Lipinski definition) is 1. The van der Waals surface area contributed by atoms with Gasteiger partial charge in [-0.25, -0.2) is 9.59 Å². The van der Waals surface area contributed by atoms with E-state index >= 15 is 0 Å². The number of alkyl carbamates (subject to hydrolysis) is 1. The molecule has 0 aromatic heterocycles. The molecule has 24 heavy (non-hydrogen) atoms. The monoisotopic (exact) mass is 391 g/mol. The summed E-state index contributed by atoms with van der Waals surface area (Å²) in [5, 5.41) is 2.55. The van der Waals surface area contributed by atoms with Crippen molar-refractivity contribution in [1.29, 1.82) is 0 Å². The molecule has 0 unspecified atom stereocenters. The van der Waals surface area contributed by atoms with Crippen molar-refractivity contribution < 1.29 is 19.1 Å². The largest absolute Gasteiger partial charge is 0.467 e. The van der Waals surface area contributed by atoms with Crippen LogP contribution in [0, 0.1) is 0 Å². The molecule has 0 aliphatic carbocycles. The van der Waals surface area contributed by atoms with Crippen LogP contribution in [-0.2, 0) is 27.3 Å². The van der Waals surface area contributed by atoms with E-state index in [1.165, 1.54) is 7.11 Å². The highest BCUT2D eigenvalue weighted by Gasteiger charge is 2.22. The fourth-order valence-corrected chi connectivity index (χ4v) is 2.59. The Bertz CT molecular complexity index is 690. The molecule has 0 aliphatic heterocycles. The third kappa shape index (κ3) is 5.70. The Kier molecular flexibility index (Phi) is 6.81. The van der Waals surface area contributed by atoms with Gasteiger partial charge < -0.3 is 14.8 Å². The number of hydrogen-bond acceptors (Lipinski definition) is 4. The van der Waals surface area contributed by atoms with Crippen molar-refractivity contribution >= 4 is 28.0 Å². The van der Waals surface area contributed by atoms with Gasteiger partial charge in [0.05, 0.1) is 7.11 Å². The first-order valence-electron chi connectivity index (χ1n) is 7.38. The third-order valence-corrected chi connectivity index (χ3v) is 3.81. The molecule has 0 fully saturated rings. The SMILES string of the molecule is COC(=O)[C@@H](Cc1cccc(Br)c1)NC(=O)OCc1ccccc1. The topological polar surface area (TPSA) is 64.6 Å². The van der Waals surface area contributed by atoms with Crippen LogP contribution in [0.4, 0.5) is 4.79 Å². The Morgan fingerprint density at radius 3 is 2.46 bits per heavy atom. The van der Waals surface area contributed by atoms with Crippen molar-refractivity contribution in [1.82, 2.24) is 5.32 Å². The van der Waals surface area contributed by atoms with Crippen LogP contribution in [0.1, 0.15) is 11.1 Å². The molecule has 6 heteroatoms. The zero-order valence-electron chi connectivity index (χ0n) is 13.2. The molecule has 126 valence electrons. The summed E-state index contributed by atoms with van der Waals surface area (Å²) in [5.41, 5.74) is 1.76. The first-order chi connectivity index (χ1) is 11.6. The molecule has 5 nitrogen and oxygen atoms in total. The number of rotatable bonds is 6. The van der Waals surface area contributed by atoms with E-state index < -0.39 is 18.1 Å². The second-order valence-electron chi connectivity index (χ2n) is 5.12. The maximum atomic E-state index is 12.0. The number of halogens is 1. The van der Waals surface area contributed by atoms with Crippen LogP contribution < -0.4 is 5.32 Å². The molecule has 1 N–H and O–H groups in total. The minimum absolute atomic E-state index is 0.136. The maximum absolute atomic E-state index is 12.0. The van der Waals surface area contributed by atoms with Gasteiger partial charge in [-0.3, -0.25) is 0 Å². The van der Waals surface area contributed by atoms with E-state index in [1.54, 1.807) is 0 Å². The Morgan fingerprint density at radius 2 is 1.79 bits per heavy atom. The number of amides is 1. The minimum atomic E-state index is -0.812. The van der Waals surface area contributed by atoms with Crippen LogP contribution in [0.15, 0.2) is 59.1 Å². The van der Waals surface area contributed by atoms with Crippen LogP contribution in [0.5, 0.6) is 0 Å². The van der Waals surface area contributed by atoms with Crippen LogP contribution in [0.3, 0.4) is 0 Å².